The largest absolute Gasteiger partial charge is 0.480 e. The molecule has 0 fully saturated rings. The number of carbonyl (C=O) groups excluding carboxylic acids is 1. The number of hydrogen-bond acceptors (Lipinski definition) is 4. The fraction of sp³-hybridized carbons (Fsp3) is 0.500. The first-order valence-corrected chi connectivity index (χ1v) is 3.01. The summed E-state index contributed by atoms with van der Waals surface area (Å²) < 4.78 is 0. The number of rotatable bonds is 2. The van der Waals surface area contributed by atoms with Gasteiger partial charge < -0.3 is 15.9 Å². The van der Waals surface area contributed by atoms with Crippen molar-refractivity contribution < 1.29 is 24.6 Å². The Balaban J connectivity index is 0. The molecule has 1 atom stereocenters. The van der Waals surface area contributed by atoms with Gasteiger partial charge in [-0.05, 0) is 6.92 Å². The molecular weight excluding hydrogens is 166 g/mol. The van der Waals surface area contributed by atoms with Crippen molar-refractivity contribution in [1.29, 1.82) is 0 Å². The van der Waals surface area contributed by atoms with Gasteiger partial charge in [0.25, 0.3) is 0 Å². The summed E-state index contributed by atoms with van der Waals surface area (Å²) in [7, 11) is 0. The Bertz CT molecular complexity index is 174. The number of carbonyl (C=O) groups is 3. The summed E-state index contributed by atoms with van der Waals surface area (Å²) in [6.45, 7) is 2.42. The van der Waals surface area contributed by atoms with Crippen molar-refractivity contribution in [2.75, 3.05) is 0 Å². The number of carboxylic acid groups (broad SMARTS) is 2. The fourth-order valence-electron chi connectivity index (χ4n) is 0. The summed E-state index contributed by atoms with van der Waals surface area (Å²) in [6, 6.07) is -0.731. The minimum Gasteiger partial charge on any atom is -0.480 e. The molecule has 0 spiro atoms. The predicted octanol–water partition coefficient (Wildman–Crippen LogP) is -0.922. The summed E-state index contributed by atoms with van der Waals surface area (Å²) in [6.07, 6.45) is 0. The van der Waals surface area contributed by atoms with Crippen LogP contribution in [0.5, 0.6) is 0 Å². The lowest BCUT2D eigenvalue weighted by Gasteiger charge is -1.90. The van der Waals surface area contributed by atoms with Gasteiger partial charge in [-0.3, -0.25) is 9.59 Å². The van der Waals surface area contributed by atoms with Crippen LogP contribution < -0.4 is 5.73 Å². The second kappa shape index (κ2) is 6.29. The van der Waals surface area contributed by atoms with Crippen LogP contribution in [0.3, 0.4) is 0 Å². The third-order valence-electron chi connectivity index (χ3n) is 0.691. The topological polar surface area (TPSA) is 118 Å². The van der Waals surface area contributed by atoms with Gasteiger partial charge in [0.15, 0.2) is 0 Å². The van der Waals surface area contributed by atoms with Gasteiger partial charge in [-0.15, -0.1) is 0 Å². The van der Waals surface area contributed by atoms with Crippen LogP contribution in [-0.4, -0.2) is 34.0 Å². The number of hydrogen-bond donors (Lipinski definition) is 3. The maximum Gasteiger partial charge on any atom is 0.371 e. The molecule has 12 heavy (non-hydrogen) atoms. The van der Waals surface area contributed by atoms with Gasteiger partial charge in [-0.1, -0.05) is 0 Å². The predicted molar refractivity (Wildman–Crippen MR) is 39.6 cm³/mol. The van der Waals surface area contributed by atoms with E-state index in [0.29, 0.717) is 0 Å². The van der Waals surface area contributed by atoms with Crippen molar-refractivity contribution in [3.05, 3.63) is 0 Å². The Morgan fingerprint density at radius 1 is 1.25 bits per heavy atom. The van der Waals surface area contributed by atoms with E-state index in [2.05, 4.69) is 0 Å². The molecule has 70 valence electrons. The van der Waals surface area contributed by atoms with Crippen molar-refractivity contribution in [3.63, 3.8) is 0 Å². The van der Waals surface area contributed by atoms with E-state index in [1.807, 2.05) is 0 Å². The molecule has 0 bridgehead atoms. The van der Waals surface area contributed by atoms with E-state index in [1.54, 1.807) is 0 Å². The van der Waals surface area contributed by atoms with E-state index >= 15 is 0 Å². The molecule has 0 rings (SSSR count). The van der Waals surface area contributed by atoms with Gasteiger partial charge in [0.2, 0.25) is 5.78 Å². The Morgan fingerprint density at radius 2 is 1.42 bits per heavy atom. The summed E-state index contributed by atoms with van der Waals surface area (Å²) >= 11 is 0. The van der Waals surface area contributed by atoms with Crippen LogP contribution in [0.4, 0.5) is 0 Å². The zero-order valence-corrected chi connectivity index (χ0v) is 6.77. The second-order valence-corrected chi connectivity index (χ2v) is 1.99. The number of Topliss-reactive ketones (excluding diaryl/α,β-unsaturated/α-hetero) is 1. The second-order valence-electron chi connectivity index (χ2n) is 1.99. The molecule has 0 aromatic rings. The third kappa shape index (κ3) is 11.4. The normalized spacial score (nSPS) is 10.6. The van der Waals surface area contributed by atoms with Crippen LogP contribution in [0.1, 0.15) is 13.8 Å². The van der Waals surface area contributed by atoms with E-state index < -0.39 is 23.8 Å². The van der Waals surface area contributed by atoms with E-state index in [0.717, 1.165) is 6.92 Å². The minimum atomic E-state index is -1.38. The number of nitrogens with two attached hydrogens (primary N) is 1. The molecule has 0 unspecified atom stereocenters. The highest BCUT2D eigenvalue weighted by atomic mass is 16.4. The molecule has 0 amide bonds. The van der Waals surface area contributed by atoms with Crippen molar-refractivity contribution in [2.45, 2.75) is 19.9 Å². The monoisotopic (exact) mass is 177 g/mol. The molecule has 0 aliphatic carbocycles. The molecule has 6 nitrogen and oxygen atoms in total. The molecule has 0 radical (unpaired) electrons. The summed E-state index contributed by atoms with van der Waals surface area (Å²) in [5.74, 6) is -3.17. The zero-order valence-electron chi connectivity index (χ0n) is 6.77. The smallest absolute Gasteiger partial charge is 0.371 e. The Hall–Kier alpha value is -1.43. The van der Waals surface area contributed by atoms with Crippen molar-refractivity contribution in [3.8, 4) is 0 Å². The maximum absolute atomic E-state index is 9.57. The van der Waals surface area contributed by atoms with Gasteiger partial charge in [-0.2, -0.15) is 0 Å². The average molecular weight is 177 g/mol. The minimum absolute atomic E-state index is 0.731. The molecule has 0 aromatic carbocycles. The Labute approximate surface area is 69.0 Å². The molecule has 0 aliphatic heterocycles. The van der Waals surface area contributed by atoms with Crippen LogP contribution in [-0.2, 0) is 14.4 Å². The lowest BCUT2D eigenvalue weighted by molar-refractivity contribution is -0.148. The summed E-state index contributed by atoms with van der Waals surface area (Å²) in [5, 5.41) is 15.5. The van der Waals surface area contributed by atoms with Gasteiger partial charge in [-0.25, -0.2) is 4.79 Å². The van der Waals surface area contributed by atoms with Crippen LogP contribution in [0.2, 0.25) is 0 Å². The maximum atomic E-state index is 9.57. The summed E-state index contributed by atoms with van der Waals surface area (Å²) in [4.78, 5) is 28.5. The van der Waals surface area contributed by atoms with Crippen molar-refractivity contribution in [2.24, 2.45) is 5.73 Å². The zero-order chi connectivity index (χ0) is 10.3. The quantitative estimate of drug-likeness (QED) is 0.469. The van der Waals surface area contributed by atoms with Gasteiger partial charge in [0, 0.05) is 6.92 Å². The number of ketones is 1. The van der Waals surface area contributed by atoms with Crippen LogP contribution in [0, 0.1) is 0 Å². The first-order valence-electron chi connectivity index (χ1n) is 3.01. The highest BCUT2D eigenvalue weighted by Gasteiger charge is 1.99. The van der Waals surface area contributed by atoms with Crippen LogP contribution >= 0.6 is 0 Å². The molecule has 0 saturated heterocycles. The SMILES string of the molecule is CC(=O)C(=O)O.C[C@@H](N)C(=O)O. The van der Waals surface area contributed by atoms with Crippen LogP contribution in [0.25, 0.3) is 0 Å². The first kappa shape index (κ1) is 13.2. The summed E-state index contributed by atoms with van der Waals surface area (Å²) in [5.41, 5.74) is 4.84. The molecule has 0 heterocycles. The van der Waals surface area contributed by atoms with Crippen molar-refractivity contribution in [1.82, 2.24) is 0 Å². The molecule has 4 N–H and O–H groups in total. The molecule has 6 heteroatoms. The standard InChI is InChI=1S/C3H7NO2.C3H4O3/c2*1-2(4)3(5)6/h2H,4H2,1H3,(H,5,6);1H3,(H,5,6)/t2-;/m1./s1. The Kier molecular flexibility index (Phi) is 6.91. The molecule has 0 aromatic heterocycles. The van der Waals surface area contributed by atoms with E-state index in [9.17, 15) is 14.4 Å². The third-order valence-corrected chi connectivity index (χ3v) is 0.691. The lowest BCUT2D eigenvalue weighted by atomic mass is 10.4. The Morgan fingerprint density at radius 3 is 1.42 bits per heavy atom. The first-order chi connectivity index (χ1) is 5.29. The van der Waals surface area contributed by atoms with E-state index in [1.165, 1.54) is 6.92 Å². The van der Waals surface area contributed by atoms with Crippen LogP contribution in [0.15, 0.2) is 0 Å². The van der Waals surface area contributed by atoms with Gasteiger partial charge >= 0.3 is 11.9 Å². The molecular formula is C6H11NO5. The average Bonchev–Trinajstić information content (AvgIpc) is 1.88. The van der Waals surface area contributed by atoms with Gasteiger partial charge in [0.1, 0.15) is 6.04 Å². The molecule has 0 aliphatic rings. The van der Waals surface area contributed by atoms with Gasteiger partial charge in [0.05, 0.1) is 0 Å². The van der Waals surface area contributed by atoms with E-state index in [4.69, 9.17) is 15.9 Å². The van der Waals surface area contributed by atoms with E-state index in [-0.39, 0.29) is 0 Å². The number of aliphatic carboxylic acids is 2. The number of carboxylic acids is 2. The highest BCUT2D eigenvalue weighted by Crippen LogP contribution is 1.68. The highest BCUT2D eigenvalue weighted by molar-refractivity contribution is 6.31. The lowest BCUT2D eigenvalue weighted by Crippen LogP contribution is -2.25. The van der Waals surface area contributed by atoms with Crippen molar-refractivity contribution >= 4 is 17.7 Å². The fourth-order valence-corrected chi connectivity index (χ4v) is 0. The molecule has 0 saturated carbocycles.